The van der Waals surface area contributed by atoms with Gasteiger partial charge in [0.25, 0.3) is 0 Å². The van der Waals surface area contributed by atoms with Crippen LogP contribution in [0.15, 0.2) is 26.2 Å². The third-order valence-electron chi connectivity index (χ3n) is 2.22. The SMILES string of the molecule is COCc1noc(C(C)Sc2ccoc2C)n1. The fourth-order valence-corrected chi connectivity index (χ4v) is 2.28. The summed E-state index contributed by atoms with van der Waals surface area (Å²) in [5.74, 6) is 2.07. The van der Waals surface area contributed by atoms with Gasteiger partial charge in [-0.25, -0.2) is 0 Å². The molecule has 17 heavy (non-hydrogen) atoms. The fraction of sp³-hybridized carbons (Fsp3) is 0.455. The zero-order valence-corrected chi connectivity index (χ0v) is 10.8. The van der Waals surface area contributed by atoms with Crippen LogP contribution >= 0.6 is 11.8 Å². The van der Waals surface area contributed by atoms with Gasteiger partial charge < -0.3 is 13.7 Å². The Morgan fingerprint density at radius 2 is 2.35 bits per heavy atom. The summed E-state index contributed by atoms with van der Waals surface area (Å²) in [6.45, 7) is 4.31. The molecular formula is C11H14N2O3S. The molecule has 0 aromatic carbocycles. The van der Waals surface area contributed by atoms with Crippen LogP contribution in [0.5, 0.6) is 0 Å². The summed E-state index contributed by atoms with van der Waals surface area (Å²) >= 11 is 1.63. The molecule has 2 aromatic rings. The lowest BCUT2D eigenvalue weighted by Crippen LogP contribution is -1.92. The average Bonchev–Trinajstić information content (AvgIpc) is 2.90. The van der Waals surface area contributed by atoms with Gasteiger partial charge in [-0.2, -0.15) is 4.98 Å². The van der Waals surface area contributed by atoms with Crippen molar-refractivity contribution in [2.24, 2.45) is 0 Å². The molecule has 1 atom stereocenters. The Bertz CT molecular complexity index is 481. The zero-order valence-electron chi connectivity index (χ0n) is 9.97. The van der Waals surface area contributed by atoms with E-state index >= 15 is 0 Å². The molecule has 6 heteroatoms. The first kappa shape index (κ1) is 12.2. The molecule has 2 rings (SSSR count). The van der Waals surface area contributed by atoms with Gasteiger partial charge in [0.2, 0.25) is 5.89 Å². The first-order valence-electron chi connectivity index (χ1n) is 5.23. The van der Waals surface area contributed by atoms with Gasteiger partial charge in [-0.15, -0.1) is 11.8 Å². The van der Waals surface area contributed by atoms with Gasteiger partial charge in [0.15, 0.2) is 5.82 Å². The highest BCUT2D eigenvalue weighted by Gasteiger charge is 2.17. The van der Waals surface area contributed by atoms with Crippen molar-refractivity contribution in [2.75, 3.05) is 7.11 Å². The molecule has 0 aliphatic carbocycles. The van der Waals surface area contributed by atoms with E-state index in [1.54, 1.807) is 25.1 Å². The Morgan fingerprint density at radius 1 is 1.53 bits per heavy atom. The summed E-state index contributed by atoms with van der Waals surface area (Å²) in [5.41, 5.74) is 0. The molecule has 0 aliphatic rings. The minimum Gasteiger partial charge on any atom is -0.468 e. The molecule has 0 bridgehead atoms. The standard InChI is InChI=1S/C11H14N2O3S/c1-7-9(4-5-15-7)17-8(2)11-12-10(6-14-3)13-16-11/h4-5,8H,6H2,1-3H3. The van der Waals surface area contributed by atoms with Crippen LogP contribution < -0.4 is 0 Å². The topological polar surface area (TPSA) is 61.3 Å². The Morgan fingerprint density at radius 3 is 3.00 bits per heavy atom. The van der Waals surface area contributed by atoms with Gasteiger partial charge in [0.05, 0.1) is 11.5 Å². The number of hydrogen-bond donors (Lipinski definition) is 0. The number of methoxy groups -OCH3 is 1. The van der Waals surface area contributed by atoms with Crippen molar-refractivity contribution in [3.8, 4) is 0 Å². The predicted octanol–water partition coefficient (Wildman–Crippen LogP) is 2.97. The van der Waals surface area contributed by atoms with Crippen LogP contribution in [-0.4, -0.2) is 17.3 Å². The third-order valence-corrected chi connectivity index (χ3v) is 3.45. The van der Waals surface area contributed by atoms with Crippen LogP contribution in [0, 0.1) is 6.92 Å². The number of thioether (sulfide) groups is 1. The van der Waals surface area contributed by atoms with Crippen molar-refractivity contribution in [3.63, 3.8) is 0 Å². The molecule has 0 amide bonds. The molecule has 5 nitrogen and oxygen atoms in total. The van der Waals surface area contributed by atoms with Gasteiger partial charge in [-0.1, -0.05) is 5.16 Å². The summed E-state index contributed by atoms with van der Waals surface area (Å²) in [5, 5.41) is 3.92. The lowest BCUT2D eigenvalue weighted by atomic mass is 10.5. The van der Waals surface area contributed by atoms with Crippen LogP contribution in [0.3, 0.4) is 0 Å². The average molecular weight is 254 g/mol. The molecule has 2 aromatic heterocycles. The number of ether oxygens (including phenoxy) is 1. The summed E-state index contributed by atoms with van der Waals surface area (Å²) in [6.07, 6.45) is 1.68. The smallest absolute Gasteiger partial charge is 0.239 e. The molecule has 0 spiro atoms. The number of rotatable bonds is 5. The predicted molar refractivity (Wildman–Crippen MR) is 62.7 cm³/mol. The van der Waals surface area contributed by atoms with E-state index in [-0.39, 0.29) is 5.25 Å². The van der Waals surface area contributed by atoms with Gasteiger partial charge in [0, 0.05) is 12.0 Å². The van der Waals surface area contributed by atoms with Crippen molar-refractivity contribution in [3.05, 3.63) is 29.8 Å². The molecule has 1 unspecified atom stereocenters. The normalized spacial score (nSPS) is 12.9. The maximum Gasteiger partial charge on any atom is 0.239 e. The number of nitrogens with zero attached hydrogens (tertiary/aromatic N) is 2. The molecule has 0 N–H and O–H groups in total. The van der Waals surface area contributed by atoms with Crippen LogP contribution in [0.25, 0.3) is 0 Å². The van der Waals surface area contributed by atoms with Crippen molar-refractivity contribution in [1.29, 1.82) is 0 Å². The van der Waals surface area contributed by atoms with Gasteiger partial charge in [-0.05, 0) is 19.9 Å². The minimum atomic E-state index is 0.0874. The summed E-state index contributed by atoms with van der Waals surface area (Å²) in [7, 11) is 1.60. The van der Waals surface area contributed by atoms with Crippen LogP contribution in [0.4, 0.5) is 0 Å². The number of aromatic nitrogens is 2. The van der Waals surface area contributed by atoms with E-state index < -0.39 is 0 Å². The van der Waals surface area contributed by atoms with E-state index in [0.717, 1.165) is 10.7 Å². The van der Waals surface area contributed by atoms with E-state index in [1.165, 1.54) is 0 Å². The molecule has 0 aliphatic heterocycles. The molecule has 2 heterocycles. The highest BCUT2D eigenvalue weighted by molar-refractivity contribution is 7.99. The Hall–Kier alpha value is -1.27. The quantitative estimate of drug-likeness (QED) is 0.764. The molecular weight excluding hydrogens is 240 g/mol. The molecule has 0 saturated carbocycles. The maximum atomic E-state index is 5.24. The van der Waals surface area contributed by atoms with Crippen LogP contribution in [-0.2, 0) is 11.3 Å². The number of hydrogen-bond acceptors (Lipinski definition) is 6. The monoisotopic (exact) mass is 254 g/mol. The van der Waals surface area contributed by atoms with Crippen molar-refractivity contribution < 1.29 is 13.7 Å². The van der Waals surface area contributed by atoms with E-state index in [1.807, 2.05) is 19.9 Å². The zero-order chi connectivity index (χ0) is 12.3. The Kier molecular flexibility index (Phi) is 3.86. The second kappa shape index (κ2) is 5.37. The largest absolute Gasteiger partial charge is 0.468 e. The first-order chi connectivity index (χ1) is 8.20. The highest BCUT2D eigenvalue weighted by Crippen LogP contribution is 2.35. The van der Waals surface area contributed by atoms with Crippen molar-refractivity contribution >= 4 is 11.8 Å². The molecule has 92 valence electrons. The maximum absolute atomic E-state index is 5.24. The molecule has 0 radical (unpaired) electrons. The van der Waals surface area contributed by atoms with E-state index in [9.17, 15) is 0 Å². The van der Waals surface area contributed by atoms with Gasteiger partial charge in [0.1, 0.15) is 12.4 Å². The van der Waals surface area contributed by atoms with Crippen LogP contribution in [0.1, 0.15) is 29.6 Å². The number of furan rings is 1. The van der Waals surface area contributed by atoms with E-state index in [4.69, 9.17) is 13.7 Å². The van der Waals surface area contributed by atoms with Gasteiger partial charge in [-0.3, -0.25) is 0 Å². The summed E-state index contributed by atoms with van der Waals surface area (Å²) in [6, 6.07) is 1.93. The first-order valence-corrected chi connectivity index (χ1v) is 6.11. The lowest BCUT2D eigenvalue weighted by Gasteiger charge is -2.04. The van der Waals surface area contributed by atoms with E-state index in [2.05, 4.69) is 10.1 Å². The molecule has 0 saturated heterocycles. The fourth-order valence-electron chi connectivity index (χ4n) is 1.36. The number of aryl methyl sites for hydroxylation is 1. The van der Waals surface area contributed by atoms with Crippen molar-refractivity contribution in [2.45, 2.75) is 30.6 Å². The summed E-state index contributed by atoms with van der Waals surface area (Å²) in [4.78, 5) is 5.34. The van der Waals surface area contributed by atoms with Crippen LogP contribution in [0.2, 0.25) is 0 Å². The third kappa shape index (κ3) is 2.89. The summed E-state index contributed by atoms with van der Waals surface area (Å²) < 4.78 is 15.4. The second-order valence-corrected chi connectivity index (χ2v) is 4.97. The van der Waals surface area contributed by atoms with Crippen molar-refractivity contribution in [1.82, 2.24) is 10.1 Å². The lowest BCUT2D eigenvalue weighted by molar-refractivity contribution is 0.174. The Balaban J connectivity index is 2.04. The second-order valence-electron chi connectivity index (χ2n) is 3.58. The minimum absolute atomic E-state index is 0.0874. The van der Waals surface area contributed by atoms with Gasteiger partial charge >= 0.3 is 0 Å². The Labute approximate surface area is 104 Å². The van der Waals surface area contributed by atoms with E-state index in [0.29, 0.717) is 18.3 Å². The molecule has 0 fully saturated rings. The highest BCUT2D eigenvalue weighted by atomic mass is 32.2.